The first kappa shape index (κ1) is 16.3. The Kier molecular flexibility index (Phi) is 4.11. The molecule has 2 aromatic heterocycles. The first-order chi connectivity index (χ1) is 12.1. The van der Waals surface area contributed by atoms with Crippen molar-refractivity contribution < 1.29 is 9.53 Å². The van der Waals surface area contributed by atoms with Crippen molar-refractivity contribution in [2.75, 3.05) is 12.4 Å². The standard InChI is InChI=1S/C18H16ClN3O2S/c1-9-7-10(8-24-2)13-14-15(25-18(13)20-9)17(23)22-16(21-14)11-5-3-4-6-12(11)19/h3-7,16,21H,8H2,1-2H3,(H,22,23)/t16-/m0/s1. The van der Waals surface area contributed by atoms with Gasteiger partial charge in [-0.3, -0.25) is 4.79 Å². The van der Waals surface area contributed by atoms with Crippen LogP contribution in [0.3, 0.4) is 0 Å². The number of amides is 1. The third-order valence-corrected chi connectivity index (χ3v) is 5.58. The molecule has 0 fully saturated rings. The predicted molar refractivity (Wildman–Crippen MR) is 100 cm³/mol. The number of aromatic nitrogens is 1. The minimum atomic E-state index is -0.386. The minimum absolute atomic E-state index is 0.123. The van der Waals surface area contributed by atoms with Gasteiger partial charge in [-0.25, -0.2) is 4.98 Å². The monoisotopic (exact) mass is 373 g/mol. The van der Waals surface area contributed by atoms with Crippen LogP contribution in [0, 0.1) is 6.92 Å². The number of hydrogen-bond acceptors (Lipinski definition) is 5. The summed E-state index contributed by atoms with van der Waals surface area (Å²) in [4.78, 5) is 18.7. The summed E-state index contributed by atoms with van der Waals surface area (Å²) in [6, 6.07) is 9.48. The Morgan fingerprint density at radius 1 is 1.32 bits per heavy atom. The van der Waals surface area contributed by atoms with Crippen LogP contribution in [0.5, 0.6) is 0 Å². The lowest BCUT2D eigenvalue weighted by Crippen LogP contribution is -2.37. The van der Waals surface area contributed by atoms with Crippen molar-refractivity contribution in [3.8, 4) is 0 Å². The molecule has 3 heterocycles. The molecule has 5 nitrogen and oxygen atoms in total. The highest BCUT2D eigenvalue weighted by atomic mass is 35.5. The van der Waals surface area contributed by atoms with Gasteiger partial charge in [0.2, 0.25) is 0 Å². The van der Waals surface area contributed by atoms with Gasteiger partial charge in [0.05, 0.1) is 12.3 Å². The molecule has 0 saturated carbocycles. The number of nitrogens with one attached hydrogen (secondary N) is 2. The molecule has 1 aliphatic rings. The summed E-state index contributed by atoms with van der Waals surface area (Å²) in [6.07, 6.45) is -0.386. The number of pyridine rings is 1. The van der Waals surface area contributed by atoms with Crippen LogP contribution in [0.1, 0.15) is 32.7 Å². The van der Waals surface area contributed by atoms with Crippen LogP contribution >= 0.6 is 22.9 Å². The smallest absolute Gasteiger partial charge is 0.265 e. The maximum Gasteiger partial charge on any atom is 0.265 e. The van der Waals surface area contributed by atoms with Crippen molar-refractivity contribution in [2.24, 2.45) is 0 Å². The zero-order valence-corrected chi connectivity index (χ0v) is 15.3. The van der Waals surface area contributed by atoms with E-state index in [-0.39, 0.29) is 12.1 Å². The average Bonchev–Trinajstić information content (AvgIpc) is 2.94. The van der Waals surface area contributed by atoms with Crippen molar-refractivity contribution in [2.45, 2.75) is 19.7 Å². The molecular formula is C18H16ClN3O2S. The number of rotatable bonds is 3. The Labute approximate surface area is 154 Å². The van der Waals surface area contributed by atoms with E-state index in [1.54, 1.807) is 7.11 Å². The number of carbonyl (C=O) groups is 1. The van der Waals surface area contributed by atoms with Crippen LogP contribution in [0.25, 0.3) is 10.2 Å². The van der Waals surface area contributed by atoms with Crippen LogP contribution < -0.4 is 10.6 Å². The fourth-order valence-electron chi connectivity index (χ4n) is 3.12. The first-order valence-corrected chi connectivity index (χ1v) is 9.01. The van der Waals surface area contributed by atoms with Gasteiger partial charge in [-0.05, 0) is 24.6 Å². The maximum absolute atomic E-state index is 12.7. The zero-order chi connectivity index (χ0) is 17.6. The largest absolute Gasteiger partial charge is 0.380 e. The fourth-order valence-corrected chi connectivity index (χ4v) is 4.50. The van der Waals surface area contributed by atoms with Crippen molar-refractivity contribution in [1.29, 1.82) is 0 Å². The van der Waals surface area contributed by atoms with E-state index in [1.807, 2.05) is 37.3 Å². The summed E-state index contributed by atoms with van der Waals surface area (Å²) in [6.45, 7) is 2.40. The van der Waals surface area contributed by atoms with E-state index in [0.717, 1.165) is 32.7 Å². The van der Waals surface area contributed by atoms with Crippen LogP contribution in [0.4, 0.5) is 5.69 Å². The summed E-state index contributed by atoms with van der Waals surface area (Å²) >= 11 is 7.69. The van der Waals surface area contributed by atoms with Crippen molar-refractivity contribution >= 4 is 44.7 Å². The third kappa shape index (κ3) is 2.76. The Morgan fingerprint density at radius 2 is 2.12 bits per heavy atom. The van der Waals surface area contributed by atoms with Crippen molar-refractivity contribution in [1.82, 2.24) is 10.3 Å². The highest BCUT2D eigenvalue weighted by Gasteiger charge is 2.31. The summed E-state index contributed by atoms with van der Waals surface area (Å²) < 4.78 is 5.34. The molecule has 0 saturated heterocycles. The summed E-state index contributed by atoms with van der Waals surface area (Å²) in [5, 5.41) is 7.95. The molecule has 4 rings (SSSR count). The minimum Gasteiger partial charge on any atom is -0.380 e. The second-order valence-electron chi connectivity index (χ2n) is 5.91. The van der Waals surface area contributed by atoms with Crippen LogP contribution in [0.15, 0.2) is 30.3 Å². The zero-order valence-electron chi connectivity index (χ0n) is 13.7. The summed E-state index contributed by atoms with van der Waals surface area (Å²) in [5.41, 5.74) is 3.55. The second-order valence-corrected chi connectivity index (χ2v) is 7.32. The normalized spacial score (nSPS) is 16.4. The van der Waals surface area contributed by atoms with E-state index in [4.69, 9.17) is 16.3 Å². The van der Waals surface area contributed by atoms with Crippen molar-refractivity contribution in [3.05, 3.63) is 57.1 Å². The van der Waals surface area contributed by atoms with E-state index in [2.05, 4.69) is 15.6 Å². The number of thiophene rings is 1. The molecule has 0 bridgehead atoms. The van der Waals surface area contributed by atoms with E-state index in [1.165, 1.54) is 11.3 Å². The van der Waals surface area contributed by atoms with Gasteiger partial charge in [0.15, 0.2) is 0 Å². The van der Waals surface area contributed by atoms with Gasteiger partial charge in [0, 0.05) is 28.8 Å². The molecule has 1 amide bonds. The Hall–Kier alpha value is -2.15. The number of methoxy groups -OCH3 is 1. The van der Waals surface area contributed by atoms with E-state index >= 15 is 0 Å². The fraction of sp³-hybridized carbons (Fsp3) is 0.222. The number of fused-ring (bicyclic) bond motifs is 3. The van der Waals surface area contributed by atoms with Crippen molar-refractivity contribution in [3.63, 3.8) is 0 Å². The quantitative estimate of drug-likeness (QED) is 0.720. The number of carbonyl (C=O) groups excluding carboxylic acids is 1. The summed E-state index contributed by atoms with van der Waals surface area (Å²) in [7, 11) is 1.66. The number of halogens is 1. The molecule has 25 heavy (non-hydrogen) atoms. The molecule has 0 spiro atoms. The number of benzene rings is 1. The Bertz CT molecular complexity index is 986. The lowest BCUT2D eigenvalue weighted by atomic mass is 10.1. The van der Waals surface area contributed by atoms with Gasteiger partial charge in [0.25, 0.3) is 5.91 Å². The van der Waals surface area contributed by atoms with Gasteiger partial charge in [-0.2, -0.15) is 0 Å². The molecule has 1 aromatic carbocycles. The van der Waals surface area contributed by atoms with Crippen LogP contribution in [-0.2, 0) is 11.3 Å². The molecule has 2 N–H and O–H groups in total. The molecule has 1 aliphatic heterocycles. The molecule has 3 aromatic rings. The third-order valence-electron chi connectivity index (χ3n) is 4.16. The van der Waals surface area contributed by atoms with Gasteiger partial charge in [-0.1, -0.05) is 29.8 Å². The first-order valence-electron chi connectivity index (χ1n) is 7.82. The summed E-state index contributed by atoms with van der Waals surface area (Å²) in [5.74, 6) is -0.123. The van der Waals surface area contributed by atoms with E-state index < -0.39 is 0 Å². The average molecular weight is 374 g/mol. The molecule has 0 unspecified atom stereocenters. The molecule has 7 heteroatoms. The number of ether oxygens (including phenoxy) is 1. The molecule has 1 atom stereocenters. The number of anilines is 1. The second kappa shape index (κ2) is 6.29. The van der Waals surface area contributed by atoms with Gasteiger partial charge < -0.3 is 15.4 Å². The highest BCUT2D eigenvalue weighted by molar-refractivity contribution is 7.21. The molecule has 0 aliphatic carbocycles. The topological polar surface area (TPSA) is 63.2 Å². The Morgan fingerprint density at radius 3 is 2.88 bits per heavy atom. The van der Waals surface area contributed by atoms with Gasteiger partial charge in [-0.15, -0.1) is 11.3 Å². The van der Waals surface area contributed by atoms with E-state index in [0.29, 0.717) is 16.5 Å². The Balaban J connectivity index is 1.87. The molecule has 0 radical (unpaired) electrons. The maximum atomic E-state index is 12.7. The van der Waals surface area contributed by atoms with Gasteiger partial charge in [0.1, 0.15) is 15.9 Å². The highest BCUT2D eigenvalue weighted by Crippen LogP contribution is 2.41. The lowest BCUT2D eigenvalue weighted by Gasteiger charge is -2.27. The molecular weight excluding hydrogens is 358 g/mol. The lowest BCUT2D eigenvalue weighted by molar-refractivity contribution is 0.0940. The van der Waals surface area contributed by atoms with E-state index in [9.17, 15) is 4.79 Å². The van der Waals surface area contributed by atoms with Gasteiger partial charge >= 0.3 is 0 Å². The number of hydrogen-bond donors (Lipinski definition) is 2. The number of aryl methyl sites for hydroxylation is 1. The predicted octanol–water partition coefficient (Wildman–Crippen LogP) is 4.26. The van der Waals surface area contributed by atoms with Crippen LogP contribution in [0.2, 0.25) is 5.02 Å². The molecule has 128 valence electrons. The number of nitrogens with zero attached hydrogens (tertiary/aromatic N) is 1. The SMILES string of the molecule is COCc1cc(C)nc2sc3c(c12)N[C@H](c1ccccc1Cl)NC3=O. The van der Waals surface area contributed by atoms with Crippen LogP contribution in [-0.4, -0.2) is 18.0 Å².